The molecule has 0 saturated carbocycles. The van der Waals surface area contributed by atoms with Gasteiger partial charge in [-0.25, -0.2) is 0 Å². The van der Waals surface area contributed by atoms with Crippen LogP contribution in [0, 0.1) is 3.57 Å². The van der Waals surface area contributed by atoms with E-state index >= 15 is 0 Å². The van der Waals surface area contributed by atoms with Gasteiger partial charge in [0.15, 0.2) is 0 Å². The molecular formula is C18H21IN2O2. The molecule has 0 aliphatic carbocycles. The topological polar surface area (TPSA) is 50.4 Å². The van der Waals surface area contributed by atoms with Crippen LogP contribution < -0.4 is 15.4 Å². The van der Waals surface area contributed by atoms with Crippen LogP contribution in [-0.2, 0) is 11.3 Å². The third-order valence-corrected chi connectivity index (χ3v) is 3.80. The van der Waals surface area contributed by atoms with Gasteiger partial charge in [0.05, 0.1) is 12.6 Å². The minimum Gasteiger partial charge on any atom is -0.491 e. The Kier molecular flexibility index (Phi) is 6.70. The number of amides is 1. The summed E-state index contributed by atoms with van der Waals surface area (Å²) in [5.74, 6) is 0.807. The van der Waals surface area contributed by atoms with E-state index in [0.29, 0.717) is 6.54 Å². The van der Waals surface area contributed by atoms with Crippen molar-refractivity contribution in [3.63, 3.8) is 0 Å². The Labute approximate surface area is 150 Å². The van der Waals surface area contributed by atoms with Gasteiger partial charge >= 0.3 is 0 Å². The monoisotopic (exact) mass is 424 g/mol. The van der Waals surface area contributed by atoms with Gasteiger partial charge in [-0.3, -0.25) is 4.79 Å². The highest BCUT2D eigenvalue weighted by molar-refractivity contribution is 14.1. The van der Waals surface area contributed by atoms with E-state index in [1.165, 1.54) is 3.57 Å². The molecule has 0 saturated heterocycles. The number of ether oxygens (including phenoxy) is 1. The first kappa shape index (κ1) is 17.6. The van der Waals surface area contributed by atoms with E-state index in [4.69, 9.17) is 4.74 Å². The lowest BCUT2D eigenvalue weighted by atomic mass is 10.2. The SMILES string of the molecule is CC(C)Oc1ccc(CNC(=O)CNc2ccc(I)cc2)cc1. The zero-order chi connectivity index (χ0) is 16.7. The second-order valence-corrected chi connectivity index (χ2v) is 6.69. The summed E-state index contributed by atoms with van der Waals surface area (Å²) in [5, 5.41) is 6.00. The van der Waals surface area contributed by atoms with Crippen LogP contribution in [-0.4, -0.2) is 18.6 Å². The third-order valence-electron chi connectivity index (χ3n) is 3.08. The van der Waals surface area contributed by atoms with Crippen molar-refractivity contribution in [2.24, 2.45) is 0 Å². The lowest BCUT2D eigenvalue weighted by molar-refractivity contribution is -0.119. The molecule has 0 aliphatic rings. The van der Waals surface area contributed by atoms with Gasteiger partial charge in [0.1, 0.15) is 5.75 Å². The van der Waals surface area contributed by atoms with E-state index in [9.17, 15) is 4.79 Å². The maximum Gasteiger partial charge on any atom is 0.239 e. The van der Waals surface area contributed by atoms with Gasteiger partial charge in [-0.2, -0.15) is 0 Å². The molecule has 0 aromatic heterocycles. The van der Waals surface area contributed by atoms with Crippen LogP contribution in [0.25, 0.3) is 0 Å². The highest BCUT2D eigenvalue weighted by Gasteiger charge is 2.02. The number of hydrogen-bond donors (Lipinski definition) is 2. The molecule has 122 valence electrons. The summed E-state index contributed by atoms with van der Waals surface area (Å²) >= 11 is 2.25. The summed E-state index contributed by atoms with van der Waals surface area (Å²) in [7, 11) is 0. The van der Waals surface area contributed by atoms with Gasteiger partial charge < -0.3 is 15.4 Å². The molecule has 2 rings (SSSR count). The number of rotatable bonds is 7. The smallest absolute Gasteiger partial charge is 0.239 e. The predicted molar refractivity (Wildman–Crippen MR) is 102 cm³/mol. The van der Waals surface area contributed by atoms with Crippen LogP contribution >= 0.6 is 22.6 Å². The minimum absolute atomic E-state index is 0.0361. The molecule has 2 aromatic carbocycles. The second kappa shape index (κ2) is 8.76. The fourth-order valence-electron chi connectivity index (χ4n) is 1.97. The first-order valence-corrected chi connectivity index (χ1v) is 8.62. The van der Waals surface area contributed by atoms with Crippen molar-refractivity contribution in [1.29, 1.82) is 0 Å². The number of halogens is 1. The van der Waals surface area contributed by atoms with Gasteiger partial charge in [-0.15, -0.1) is 0 Å². The van der Waals surface area contributed by atoms with E-state index in [2.05, 4.69) is 33.2 Å². The van der Waals surface area contributed by atoms with Gasteiger partial charge in [0, 0.05) is 15.8 Å². The molecule has 0 unspecified atom stereocenters. The molecule has 0 radical (unpaired) electrons. The summed E-state index contributed by atoms with van der Waals surface area (Å²) < 4.78 is 6.76. The molecule has 0 heterocycles. The van der Waals surface area contributed by atoms with Gasteiger partial charge in [-0.05, 0) is 78.4 Å². The molecule has 0 spiro atoms. The molecule has 0 atom stereocenters. The van der Waals surface area contributed by atoms with E-state index in [-0.39, 0.29) is 18.6 Å². The number of carbonyl (C=O) groups excluding carboxylic acids is 1. The Bertz CT molecular complexity index is 624. The highest BCUT2D eigenvalue weighted by Crippen LogP contribution is 2.14. The number of nitrogens with one attached hydrogen (secondary N) is 2. The van der Waals surface area contributed by atoms with E-state index in [1.807, 2.05) is 62.4 Å². The van der Waals surface area contributed by atoms with Crippen LogP contribution in [0.2, 0.25) is 0 Å². The van der Waals surface area contributed by atoms with Crippen LogP contribution in [0.4, 0.5) is 5.69 Å². The Morgan fingerprint density at radius 1 is 1.09 bits per heavy atom. The van der Waals surface area contributed by atoms with Crippen molar-refractivity contribution in [2.45, 2.75) is 26.5 Å². The average molecular weight is 424 g/mol. The Morgan fingerprint density at radius 2 is 1.74 bits per heavy atom. The Morgan fingerprint density at radius 3 is 2.35 bits per heavy atom. The second-order valence-electron chi connectivity index (χ2n) is 5.45. The fourth-order valence-corrected chi connectivity index (χ4v) is 2.33. The molecule has 2 aromatic rings. The molecule has 1 amide bonds. The first-order valence-electron chi connectivity index (χ1n) is 7.54. The highest BCUT2D eigenvalue weighted by atomic mass is 127. The van der Waals surface area contributed by atoms with Crippen LogP contribution in [0.1, 0.15) is 19.4 Å². The number of carbonyl (C=O) groups is 1. The molecule has 2 N–H and O–H groups in total. The fraction of sp³-hybridized carbons (Fsp3) is 0.278. The third kappa shape index (κ3) is 6.48. The number of anilines is 1. The van der Waals surface area contributed by atoms with Crippen molar-refractivity contribution in [1.82, 2.24) is 5.32 Å². The maximum absolute atomic E-state index is 11.9. The molecule has 0 fully saturated rings. The number of benzene rings is 2. The van der Waals surface area contributed by atoms with Gasteiger partial charge in [-0.1, -0.05) is 12.1 Å². The Balaban J connectivity index is 1.74. The number of hydrogen-bond acceptors (Lipinski definition) is 3. The van der Waals surface area contributed by atoms with Crippen molar-refractivity contribution < 1.29 is 9.53 Å². The van der Waals surface area contributed by atoms with Gasteiger partial charge in [0.2, 0.25) is 5.91 Å². The average Bonchev–Trinajstić information content (AvgIpc) is 2.53. The summed E-state index contributed by atoms with van der Waals surface area (Å²) in [4.78, 5) is 11.9. The molecule has 4 nitrogen and oxygen atoms in total. The quantitative estimate of drug-likeness (QED) is 0.665. The molecular weight excluding hydrogens is 403 g/mol. The summed E-state index contributed by atoms with van der Waals surface area (Å²) in [6.07, 6.45) is 0.160. The lowest BCUT2D eigenvalue weighted by Crippen LogP contribution is -2.29. The van der Waals surface area contributed by atoms with E-state index < -0.39 is 0 Å². The standard InChI is InChI=1S/C18H21IN2O2/c1-13(2)23-17-9-3-14(4-10-17)11-21-18(22)12-20-16-7-5-15(19)6-8-16/h3-10,13,20H,11-12H2,1-2H3,(H,21,22). The Hall–Kier alpha value is -1.76. The maximum atomic E-state index is 11.9. The summed E-state index contributed by atoms with van der Waals surface area (Å²) in [6.45, 7) is 4.76. The molecule has 23 heavy (non-hydrogen) atoms. The van der Waals surface area contributed by atoms with E-state index in [0.717, 1.165) is 17.0 Å². The normalized spacial score (nSPS) is 10.4. The van der Waals surface area contributed by atoms with Gasteiger partial charge in [0.25, 0.3) is 0 Å². The van der Waals surface area contributed by atoms with Crippen LogP contribution in [0.5, 0.6) is 5.75 Å². The van der Waals surface area contributed by atoms with Crippen LogP contribution in [0.15, 0.2) is 48.5 Å². The van der Waals surface area contributed by atoms with Crippen molar-refractivity contribution in [3.8, 4) is 5.75 Å². The van der Waals surface area contributed by atoms with Crippen LogP contribution in [0.3, 0.4) is 0 Å². The molecule has 0 bridgehead atoms. The lowest BCUT2D eigenvalue weighted by Gasteiger charge is -2.11. The summed E-state index contributed by atoms with van der Waals surface area (Å²) in [5.41, 5.74) is 1.99. The van der Waals surface area contributed by atoms with Crippen molar-refractivity contribution in [3.05, 3.63) is 57.7 Å². The largest absolute Gasteiger partial charge is 0.491 e. The first-order chi connectivity index (χ1) is 11.0. The van der Waals surface area contributed by atoms with E-state index in [1.54, 1.807) is 0 Å². The van der Waals surface area contributed by atoms with Crippen molar-refractivity contribution in [2.75, 3.05) is 11.9 Å². The summed E-state index contributed by atoms with van der Waals surface area (Å²) in [6, 6.07) is 15.7. The predicted octanol–water partition coefficient (Wildman–Crippen LogP) is 3.81. The molecule has 0 aliphatic heterocycles. The zero-order valence-corrected chi connectivity index (χ0v) is 15.5. The zero-order valence-electron chi connectivity index (χ0n) is 13.3. The van der Waals surface area contributed by atoms with Crippen molar-refractivity contribution >= 4 is 34.2 Å². The minimum atomic E-state index is -0.0361. The molecule has 5 heteroatoms.